The Hall–Kier alpha value is -2.17. The minimum absolute atomic E-state index is 0.0880. The van der Waals surface area contributed by atoms with Crippen molar-refractivity contribution in [1.29, 1.82) is 0 Å². The van der Waals surface area contributed by atoms with Crippen LogP contribution in [0.2, 0.25) is 0 Å². The fourth-order valence-electron chi connectivity index (χ4n) is 2.65. The Labute approximate surface area is 175 Å². The molecule has 0 saturated carbocycles. The highest BCUT2D eigenvalue weighted by Crippen LogP contribution is 2.35. The van der Waals surface area contributed by atoms with Gasteiger partial charge in [0.1, 0.15) is 4.32 Å². The van der Waals surface area contributed by atoms with Gasteiger partial charge in [-0.25, -0.2) is 8.42 Å². The van der Waals surface area contributed by atoms with Gasteiger partial charge in [-0.2, -0.15) is 13.2 Å². The number of thiocarbonyl (C=S) groups is 1. The summed E-state index contributed by atoms with van der Waals surface area (Å²) < 4.78 is 62.3. The fourth-order valence-corrected chi connectivity index (χ4v) is 4.58. The van der Waals surface area contributed by atoms with Gasteiger partial charge in [-0.1, -0.05) is 48.2 Å². The number of halogens is 3. The number of carbonyl (C=O) groups is 1. The number of amides is 1. The van der Waals surface area contributed by atoms with Crippen LogP contribution in [0.15, 0.2) is 58.3 Å². The summed E-state index contributed by atoms with van der Waals surface area (Å²) in [6.45, 7) is -0.0880. The largest absolute Gasteiger partial charge is 0.416 e. The summed E-state index contributed by atoms with van der Waals surface area (Å²) in [5.41, 5.74) is 0.0116. The monoisotopic (exact) mass is 457 g/mol. The number of hydrogen-bond acceptors (Lipinski definition) is 5. The van der Waals surface area contributed by atoms with Gasteiger partial charge in [0, 0.05) is 6.26 Å². The second-order valence-corrected chi connectivity index (χ2v) is 10.0. The maximum absolute atomic E-state index is 12.9. The highest BCUT2D eigenvalue weighted by Gasteiger charge is 2.33. The maximum Gasteiger partial charge on any atom is 0.416 e. The second-order valence-electron chi connectivity index (χ2n) is 6.31. The Morgan fingerprint density at radius 2 is 1.83 bits per heavy atom. The van der Waals surface area contributed by atoms with Gasteiger partial charge in [-0.15, -0.1) is 0 Å². The summed E-state index contributed by atoms with van der Waals surface area (Å²) in [4.78, 5) is 14.3. The summed E-state index contributed by atoms with van der Waals surface area (Å²) in [7, 11) is -3.40. The fraction of sp³-hybridized carbons (Fsp3) is 0.158. The summed E-state index contributed by atoms with van der Waals surface area (Å²) in [5, 5.41) is 0. The van der Waals surface area contributed by atoms with Crippen LogP contribution >= 0.6 is 24.0 Å². The Balaban J connectivity index is 1.85. The average Bonchev–Trinajstić information content (AvgIpc) is 2.88. The second kappa shape index (κ2) is 7.92. The zero-order valence-electron chi connectivity index (χ0n) is 14.9. The Bertz CT molecular complexity index is 1120. The highest BCUT2D eigenvalue weighted by molar-refractivity contribution is 8.26. The van der Waals surface area contributed by atoms with Crippen molar-refractivity contribution in [3.05, 3.63) is 70.1 Å². The van der Waals surface area contributed by atoms with Gasteiger partial charge in [0.25, 0.3) is 5.91 Å². The third-order valence-electron chi connectivity index (χ3n) is 4.05. The first-order valence-corrected chi connectivity index (χ1v) is 11.3. The smallest absolute Gasteiger partial charge is 0.288 e. The number of thioether (sulfide) groups is 1. The molecule has 0 unspecified atom stereocenters. The number of sulfone groups is 1. The maximum atomic E-state index is 12.9. The van der Waals surface area contributed by atoms with Gasteiger partial charge in [0.15, 0.2) is 9.84 Å². The molecule has 1 amide bonds. The van der Waals surface area contributed by atoms with Crippen LogP contribution in [0.1, 0.15) is 16.7 Å². The molecule has 1 fully saturated rings. The number of nitrogens with zero attached hydrogens (tertiary/aromatic N) is 1. The van der Waals surface area contributed by atoms with Crippen LogP contribution in [-0.2, 0) is 27.4 Å². The van der Waals surface area contributed by atoms with Crippen LogP contribution in [0, 0.1) is 0 Å². The van der Waals surface area contributed by atoms with Gasteiger partial charge in [0.05, 0.1) is 21.9 Å². The van der Waals surface area contributed by atoms with Crippen LogP contribution in [0.4, 0.5) is 13.2 Å². The van der Waals surface area contributed by atoms with E-state index in [1.807, 2.05) is 0 Å². The first kappa shape index (κ1) is 21.5. The lowest BCUT2D eigenvalue weighted by Gasteiger charge is -2.15. The van der Waals surface area contributed by atoms with E-state index >= 15 is 0 Å². The van der Waals surface area contributed by atoms with Crippen molar-refractivity contribution in [2.75, 3.05) is 6.26 Å². The average molecular weight is 458 g/mol. The molecule has 0 atom stereocenters. The number of benzene rings is 2. The first-order valence-electron chi connectivity index (χ1n) is 8.17. The van der Waals surface area contributed by atoms with Crippen molar-refractivity contribution in [2.24, 2.45) is 0 Å². The summed E-state index contributed by atoms with van der Waals surface area (Å²) >= 11 is 6.23. The third-order valence-corrected chi connectivity index (χ3v) is 6.54. The predicted octanol–water partition coefficient (Wildman–Crippen LogP) is 4.51. The van der Waals surface area contributed by atoms with E-state index in [4.69, 9.17) is 12.2 Å². The van der Waals surface area contributed by atoms with Crippen LogP contribution in [0.5, 0.6) is 0 Å². The van der Waals surface area contributed by atoms with E-state index in [1.54, 1.807) is 12.1 Å². The molecule has 152 valence electrons. The molecule has 0 N–H and O–H groups in total. The number of hydrogen-bond donors (Lipinski definition) is 0. The first-order chi connectivity index (χ1) is 13.4. The molecule has 2 aromatic carbocycles. The zero-order chi connectivity index (χ0) is 21.4. The molecule has 1 heterocycles. The zero-order valence-corrected chi connectivity index (χ0v) is 17.4. The van der Waals surface area contributed by atoms with E-state index in [9.17, 15) is 26.4 Å². The highest BCUT2D eigenvalue weighted by atomic mass is 32.2. The number of rotatable bonds is 4. The van der Waals surface area contributed by atoms with E-state index in [1.165, 1.54) is 35.2 Å². The van der Waals surface area contributed by atoms with Crippen LogP contribution < -0.4 is 0 Å². The normalized spacial score (nSPS) is 16.7. The Morgan fingerprint density at radius 1 is 1.14 bits per heavy atom. The summed E-state index contributed by atoms with van der Waals surface area (Å²) in [6.07, 6.45) is -1.88. The molecule has 1 saturated heterocycles. The lowest BCUT2D eigenvalue weighted by Crippen LogP contribution is -2.27. The molecule has 1 aliphatic rings. The van der Waals surface area contributed by atoms with Crippen LogP contribution in [0.3, 0.4) is 0 Å². The quantitative estimate of drug-likeness (QED) is 0.500. The van der Waals surface area contributed by atoms with Gasteiger partial charge < -0.3 is 0 Å². The van der Waals surface area contributed by atoms with Crippen molar-refractivity contribution in [3.8, 4) is 0 Å². The molecule has 2 aromatic rings. The SMILES string of the molecule is CS(=O)(=O)c1cccc(/C=C2\SC(=S)N(Cc3cccc(C(F)(F)F)c3)C2=O)c1. The molecule has 1 aliphatic heterocycles. The third kappa shape index (κ3) is 5.06. The van der Waals surface area contributed by atoms with Crippen LogP contribution in [-0.4, -0.2) is 29.8 Å². The molecule has 0 bridgehead atoms. The minimum Gasteiger partial charge on any atom is -0.288 e. The van der Waals surface area contributed by atoms with E-state index in [0.29, 0.717) is 11.1 Å². The Morgan fingerprint density at radius 3 is 2.48 bits per heavy atom. The molecular formula is C19H14F3NO3S3. The van der Waals surface area contributed by atoms with Gasteiger partial charge in [-0.3, -0.25) is 9.69 Å². The molecule has 0 spiro atoms. The Kier molecular flexibility index (Phi) is 5.88. The lowest BCUT2D eigenvalue weighted by molar-refractivity contribution is -0.137. The standard InChI is InChI=1S/C19H14F3NO3S3/c1-29(25,26)15-7-3-4-12(9-15)10-16-17(24)23(18(27)28-16)11-13-5-2-6-14(8-13)19(20,21)22/h2-10H,11H2,1H3/b16-10-. The minimum atomic E-state index is -4.48. The number of carbonyl (C=O) groups excluding carboxylic acids is 1. The molecular weight excluding hydrogens is 443 g/mol. The van der Waals surface area contributed by atoms with Gasteiger partial charge >= 0.3 is 6.18 Å². The van der Waals surface area contributed by atoms with Crippen molar-refractivity contribution in [1.82, 2.24) is 4.90 Å². The molecule has 29 heavy (non-hydrogen) atoms. The van der Waals surface area contributed by atoms with E-state index in [2.05, 4.69) is 0 Å². The van der Waals surface area contributed by atoms with Crippen molar-refractivity contribution in [2.45, 2.75) is 17.6 Å². The molecule has 4 nitrogen and oxygen atoms in total. The van der Waals surface area contributed by atoms with Crippen LogP contribution in [0.25, 0.3) is 6.08 Å². The van der Waals surface area contributed by atoms with Crippen molar-refractivity contribution >= 4 is 50.1 Å². The van der Waals surface area contributed by atoms with Crippen molar-refractivity contribution < 1.29 is 26.4 Å². The topological polar surface area (TPSA) is 54.5 Å². The lowest BCUT2D eigenvalue weighted by atomic mass is 10.1. The molecule has 0 aromatic heterocycles. The number of alkyl halides is 3. The summed E-state index contributed by atoms with van der Waals surface area (Å²) in [5.74, 6) is -0.442. The molecule has 3 rings (SSSR count). The van der Waals surface area contributed by atoms with Gasteiger partial charge in [-0.05, 0) is 41.5 Å². The molecule has 10 heteroatoms. The van der Waals surface area contributed by atoms with E-state index < -0.39 is 27.5 Å². The summed E-state index contributed by atoms with van der Waals surface area (Å²) in [6, 6.07) is 10.8. The van der Waals surface area contributed by atoms with Crippen molar-refractivity contribution in [3.63, 3.8) is 0 Å². The predicted molar refractivity (Wildman–Crippen MR) is 110 cm³/mol. The molecule has 0 radical (unpaired) electrons. The molecule has 0 aliphatic carbocycles. The van der Waals surface area contributed by atoms with E-state index in [-0.39, 0.29) is 20.7 Å². The van der Waals surface area contributed by atoms with E-state index in [0.717, 1.165) is 30.2 Å². The van der Waals surface area contributed by atoms with Gasteiger partial charge in [0.2, 0.25) is 0 Å².